The standard InChI is InChI=1S/C42H48N10O7/c43-37(54)36-38(46-34(21-44-36)50-14-1-2-30(24-50)51-18-19-59-42(51)58)45-28-5-3-26(4-6-28)27-12-15-48(16-13-27)22-25-11-17-49(23-25)29-7-8-31-32(20-29)41(57)52(40(31)56)33-9-10-35(53)47-39(33)55/h3-8,20-21,25,27,30,33H,1-2,9-19,22-24H2,(H2,43,54)(H,45,46)(H,47,53,55)/t25?,30-,33?/m1/s1. The number of fused-ring (bicyclic) bond motifs is 1. The van der Waals surface area contributed by atoms with E-state index in [9.17, 15) is 28.8 Å². The third-order valence-electron chi connectivity index (χ3n) is 12.8. The second-order valence-corrected chi connectivity index (χ2v) is 16.4. The highest BCUT2D eigenvalue weighted by Crippen LogP contribution is 2.35. The van der Waals surface area contributed by atoms with Crippen LogP contribution in [0.3, 0.4) is 0 Å². The molecular weight excluding hydrogens is 757 g/mol. The Balaban J connectivity index is 0.772. The minimum Gasteiger partial charge on any atom is -0.448 e. The molecule has 2 aromatic carbocycles. The van der Waals surface area contributed by atoms with Gasteiger partial charge in [-0.15, -0.1) is 0 Å². The number of benzene rings is 2. The van der Waals surface area contributed by atoms with Gasteiger partial charge in [-0.25, -0.2) is 14.8 Å². The fourth-order valence-electron chi connectivity index (χ4n) is 9.62. The third kappa shape index (κ3) is 7.66. The highest BCUT2D eigenvalue weighted by atomic mass is 16.6. The molecule has 0 spiro atoms. The van der Waals surface area contributed by atoms with Crippen LogP contribution in [0.15, 0.2) is 48.7 Å². The van der Waals surface area contributed by atoms with Crippen molar-refractivity contribution >= 4 is 58.6 Å². The molecule has 0 radical (unpaired) electrons. The number of anilines is 4. The zero-order valence-corrected chi connectivity index (χ0v) is 32.8. The lowest BCUT2D eigenvalue weighted by Gasteiger charge is -2.37. The molecule has 59 heavy (non-hydrogen) atoms. The Morgan fingerprint density at radius 3 is 2.41 bits per heavy atom. The van der Waals surface area contributed by atoms with E-state index in [0.29, 0.717) is 54.3 Å². The van der Waals surface area contributed by atoms with Crippen molar-refractivity contribution in [1.29, 1.82) is 0 Å². The Labute approximate surface area is 341 Å². The number of cyclic esters (lactones) is 1. The lowest BCUT2D eigenvalue weighted by atomic mass is 9.89. The number of nitrogens with zero attached hydrogens (tertiary/aromatic N) is 7. The fourth-order valence-corrected chi connectivity index (χ4v) is 9.62. The van der Waals surface area contributed by atoms with Crippen LogP contribution < -0.4 is 26.2 Å². The molecular formula is C42H48N10O7. The van der Waals surface area contributed by atoms with Crippen LogP contribution in [-0.2, 0) is 14.3 Å². The minimum absolute atomic E-state index is 0.0226. The van der Waals surface area contributed by atoms with E-state index in [1.807, 2.05) is 18.2 Å². The lowest BCUT2D eigenvalue weighted by molar-refractivity contribution is -0.136. The number of carbonyl (C=O) groups excluding carboxylic acids is 6. The van der Waals surface area contributed by atoms with E-state index in [1.54, 1.807) is 23.2 Å². The van der Waals surface area contributed by atoms with Gasteiger partial charge in [0, 0.05) is 50.5 Å². The van der Waals surface area contributed by atoms with Crippen LogP contribution in [-0.4, -0.2) is 131 Å². The Bertz CT molecular complexity index is 2190. The number of imide groups is 2. The van der Waals surface area contributed by atoms with Crippen LogP contribution in [0.4, 0.5) is 27.8 Å². The van der Waals surface area contributed by atoms with Gasteiger partial charge >= 0.3 is 6.09 Å². The number of hydrogen-bond donors (Lipinski definition) is 3. The molecule has 9 rings (SSSR count). The van der Waals surface area contributed by atoms with Crippen molar-refractivity contribution < 1.29 is 33.5 Å². The van der Waals surface area contributed by atoms with Gasteiger partial charge in [0.1, 0.15) is 18.5 Å². The van der Waals surface area contributed by atoms with E-state index in [-0.39, 0.29) is 30.7 Å². The monoisotopic (exact) mass is 804 g/mol. The van der Waals surface area contributed by atoms with Gasteiger partial charge in [0.25, 0.3) is 17.7 Å². The Hall–Kier alpha value is -6.10. The van der Waals surface area contributed by atoms with Crippen LogP contribution in [0.1, 0.15) is 87.6 Å². The molecule has 0 saturated carbocycles. The van der Waals surface area contributed by atoms with E-state index in [0.717, 1.165) is 87.6 Å². The predicted octanol–water partition coefficient (Wildman–Crippen LogP) is 2.85. The molecule has 6 amide bonds. The highest BCUT2D eigenvalue weighted by molar-refractivity contribution is 6.23. The molecule has 17 nitrogen and oxygen atoms in total. The smallest absolute Gasteiger partial charge is 0.410 e. The SMILES string of the molecule is NC(=O)c1ncc(N2CCC[C@@H](N3CCOC3=O)C2)nc1Nc1ccc(C2CCN(CC3CCN(c4ccc5c(c4)C(=O)N(C4CCC(=O)NC4=O)C5=O)C3)CC2)cc1. The Kier molecular flexibility index (Phi) is 10.4. The van der Waals surface area contributed by atoms with Crippen LogP contribution in [0.5, 0.6) is 0 Å². The average molecular weight is 805 g/mol. The molecule has 1 aromatic heterocycles. The van der Waals surface area contributed by atoms with Gasteiger partial charge in [0.15, 0.2) is 11.5 Å². The van der Waals surface area contributed by atoms with Crippen LogP contribution in [0, 0.1) is 5.92 Å². The number of likely N-dealkylation sites (tertiary alicyclic amines) is 1. The van der Waals surface area contributed by atoms with Crippen molar-refractivity contribution in [2.24, 2.45) is 11.7 Å². The van der Waals surface area contributed by atoms with Gasteiger partial charge in [-0.05, 0) is 99.3 Å². The quantitative estimate of drug-likeness (QED) is 0.253. The number of piperidine rings is 3. The van der Waals surface area contributed by atoms with E-state index in [4.69, 9.17) is 15.5 Å². The van der Waals surface area contributed by atoms with E-state index >= 15 is 0 Å². The summed E-state index contributed by atoms with van der Waals surface area (Å²) in [5.74, 6) is -0.858. The molecule has 4 N–H and O–H groups in total. The normalized spacial score (nSPS) is 24.1. The van der Waals surface area contributed by atoms with Crippen LogP contribution in [0.2, 0.25) is 0 Å². The van der Waals surface area contributed by atoms with E-state index in [1.165, 1.54) is 5.56 Å². The zero-order valence-electron chi connectivity index (χ0n) is 32.8. The zero-order chi connectivity index (χ0) is 40.8. The first-order valence-corrected chi connectivity index (χ1v) is 20.6. The first-order valence-electron chi connectivity index (χ1n) is 20.6. The summed E-state index contributed by atoms with van der Waals surface area (Å²) in [6.07, 6.45) is 6.39. The maximum absolute atomic E-state index is 13.4. The van der Waals surface area contributed by atoms with Crippen molar-refractivity contribution in [1.82, 2.24) is 30.0 Å². The lowest BCUT2D eigenvalue weighted by Crippen LogP contribution is -2.54. The molecule has 0 aliphatic carbocycles. The summed E-state index contributed by atoms with van der Waals surface area (Å²) >= 11 is 0. The van der Waals surface area contributed by atoms with Gasteiger partial charge < -0.3 is 35.4 Å². The summed E-state index contributed by atoms with van der Waals surface area (Å²) in [6.45, 7) is 7.03. The minimum atomic E-state index is -0.978. The van der Waals surface area contributed by atoms with E-state index in [2.05, 4.69) is 42.5 Å². The van der Waals surface area contributed by atoms with Crippen molar-refractivity contribution in [2.45, 2.75) is 62.9 Å². The third-order valence-corrected chi connectivity index (χ3v) is 12.8. The number of amides is 6. The number of aromatic nitrogens is 2. The number of nitrogens with one attached hydrogen (secondary N) is 2. The molecule has 6 aliphatic heterocycles. The first-order chi connectivity index (χ1) is 28.6. The summed E-state index contributed by atoms with van der Waals surface area (Å²) < 4.78 is 5.16. The molecule has 6 aliphatic rings. The molecule has 5 fully saturated rings. The van der Waals surface area contributed by atoms with Crippen molar-refractivity contribution in [3.63, 3.8) is 0 Å². The fraction of sp³-hybridized carbons (Fsp3) is 0.476. The summed E-state index contributed by atoms with van der Waals surface area (Å²) in [7, 11) is 0. The summed E-state index contributed by atoms with van der Waals surface area (Å²) in [5, 5.41) is 5.52. The first kappa shape index (κ1) is 38.4. The second-order valence-electron chi connectivity index (χ2n) is 16.4. The van der Waals surface area contributed by atoms with Gasteiger partial charge in [0.2, 0.25) is 11.8 Å². The number of ether oxygens (including phenoxy) is 1. The second kappa shape index (κ2) is 15.9. The molecule has 0 bridgehead atoms. The topological polar surface area (TPSA) is 204 Å². The number of carbonyl (C=O) groups is 6. The van der Waals surface area contributed by atoms with Gasteiger partial charge in [-0.3, -0.25) is 34.2 Å². The number of nitrogens with two attached hydrogens (primary N) is 1. The van der Waals surface area contributed by atoms with Gasteiger partial charge in [0.05, 0.1) is 29.9 Å². The van der Waals surface area contributed by atoms with Gasteiger partial charge in [-0.2, -0.15) is 0 Å². The summed E-state index contributed by atoms with van der Waals surface area (Å²) in [5.41, 5.74) is 9.28. The van der Waals surface area contributed by atoms with Crippen LogP contribution >= 0.6 is 0 Å². The van der Waals surface area contributed by atoms with Crippen LogP contribution in [0.25, 0.3) is 0 Å². The molecule has 2 unspecified atom stereocenters. The summed E-state index contributed by atoms with van der Waals surface area (Å²) in [6, 6.07) is 12.6. The molecule has 5 saturated heterocycles. The number of primary amides is 1. The van der Waals surface area contributed by atoms with Crippen molar-refractivity contribution in [2.75, 3.05) is 74.1 Å². The maximum Gasteiger partial charge on any atom is 0.410 e. The molecule has 7 heterocycles. The highest BCUT2D eigenvalue weighted by Gasteiger charge is 2.45. The Morgan fingerprint density at radius 1 is 0.864 bits per heavy atom. The van der Waals surface area contributed by atoms with Gasteiger partial charge in [-0.1, -0.05) is 12.1 Å². The number of hydrogen-bond acceptors (Lipinski definition) is 13. The maximum atomic E-state index is 13.4. The molecule has 3 atom stereocenters. The summed E-state index contributed by atoms with van der Waals surface area (Å²) in [4.78, 5) is 94.0. The molecule has 17 heteroatoms. The average Bonchev–Trinajstić information content (AvgIpc) is 3.96. The molecule has 3 aromatic rings. The largest absolute Gasteiger partial charge is 0.448 e. The van der Waals surface area contributed by atoms with Crippen molar-refractivity contribution in [3.8, 4) is 0 Å². The number of rotatable bonds is 10. The Morgan fingerprint density at radius 2 is 1.66 bits per heavy atom. The van der Waals surface area contributed by atoms with E-state index < -0.39 is 35.6 Å². The van der Waals surface area contributed by atoms with Crippen molar-refractivity contribution in [3.05, 3.63) is 71.0 Å². The predicted molar refractivity (Wildman–Crippen MR) is 215 cm³/mol. The molecule has 308 valence electrons.